The van der Waals surface area contributed by atoms with E-state index in [-0.39, 0.29) is 35.8 Å². The summed E-state index contributed by atoms with van der Waals surface area (Å²) in [6, 6.07) is -0.341. The van der Waals surface area contributed by atoms with E-state index in [0.717, 1.165) is 50.0 Å². The van der Waals surface area contributed by atoms with Gasteiger partial charge in [-0.3, -0.25) is 9.97 Å². The van der Waals surface area contributed by atoms with E-state index in [0.29, 0.717) is 17.3 Å². The molecular weight excluding hydrogens is 312 g/mol. The van der Waals surface area contributed by atoms with Gasteiger partial charge in [0.15, 0.2) is 5.82 Å². The number of pyridine rings is 2. The summed E-state index contributed by atoms with van der Waals surface area (Å²) >= 11 is 0. The van der Waals surface area contributed by atoms with Crippen LogP contribution in [0, 0.1) is 6.20 Å². The number of fused-ring (bicyclic) bond motifs is 1. The van der Waals surface area contributed by atoms with Crippen molar-refractivity contribution in [1.82, 2.24) is 25.3 Å². The van der Waals surface area contributed by atoms with Gasteiger partial charge in [0.1, 0.15) is 5.82 Å². The highest BCUT2D eigenvalue weighted by Crippen LogP contribution is 2.44. The molecule has 0 bridgehead atoms. The van der Waals surface area contributed by atoms with Crippen molar-refractivity contribution < 1.29 is 5.48 Å². The molecule has 1 radical (unpaired) electrons. The zero-order chi connectivity index (χ0) is 20.1. The Kier molecular flexibility index (Phi) is 2.68. The Morgan fingerprint density at radius 3 is 2.96 bits per heavy atom. The summed E-state index contributed by atoms with van der Waals surface area (Å²) < 4.78 is 32.6. The van der Waals surface area contributed by atoms with Gasteiger partial charge in [0.05, 0.1) is 23.4 Å². The van der Waals surface area contributed by atoms with E-state index in [2.05, 4.69) is 31.4 Å². The van der Waals surface area contributed by atoms with Crippen LogP contribution in [0.25, 0.3) is 22.3 Å². The van der Waals surface area contributed by atoms with Gasteiger partial charge in [0, 0.05) is 49.5 Å². The Balaban J connectivity index is 1.82. The molecular formula is C19H19N6. The second-order valence-corrected chi connectivity index (χ2v) is 6.39. The number of anilines is 1. The van der Waals surface area contributed by atoms with Gasteiger partial charge in [-0.25, -0.2) is 9.97 Å². The molecule has 2 fully saturated rings. The third-order valence-corrected chi connectivity index (χ3v) is 4.68. The average Bonchev–Trinajstić information content (AvgIpc) is 3.57. The summed E-state index contributed by atoms with van der Waals surface area (Å²) in [6.45, 7) is 3.18. The van der Waals surface area contributed by atoms with Crippen molar-refractivity contribution in [2.75, 3.05) is 31.1 Å². The summed E-state index contributed by atoms with van der Waals surface area (Å²) in [4.78, 5) is 19.4. The smallest absolute Gasteiger partial charge is 0.162 e. The van der Waals surface area contributed by atoms with E-state index in [4.69, 9.17) is 10.5 Å². The van der Waals surface area contributed by atoms with Gasteiger partial charge in [-0.05, 0) is 36.4 Å². The van der Waals surface area contributed by atoms with Crippen LogP contribution in [-0.2, 0) is 0 Å². The van der Waals surface area contributed by atoms with Crippen LogP contribution in [-0.4, -0.2) is 46.1 Å². The van der Waals surface area contributed by atoms with Gasteiger partial charge < -0.3 is 10.2 Å². The first kappa shape index (κ1) is 11.1. The second kappa shape index (κ2) is 6.04. The zero-order valence-corrected chi connectivity index (χ0v) is 13.6. The van der Waals surface area contributed by atoms with Gasteiger partial charge in [-0.2, -0.15) is 0 Å². The van der Waals surface area contributed by atoms with Crippen molar-refractivity contribution in [3.8, 4) is 11.4 Å². The van der Waals surface area contributed by atoms with Crippen LogP contribution in [0.4, 0.5) is 5.82 Å². The third-order valence-electron chi connectivity index (χ3n) is 4.68. The summed E-state index contributed by atoms with van der Waals surface area (Å²) in [6.07, 6.45) is 6.17. The van der Waals surface area contributed by atoms with Crippen molar-refractivity contribution in [3.05, 3.63) is 42.4 Å². The van der Waals surface area contributed by atoms with Gasteiger partial charge in [-0.15, -0.1) is 0 Å². The molecule has 125 valence electrons. The normalized spacial score (nSPS) is 20.1. The molecule has 0 aromatic carbocycles. The Labute approximate surface area is 152 Å². The Hall–Kier alpha value is -2.60. The first-order valence-electron chi connectivity index (χ1n) is 10.5. The molecule has 5 rings (SSSR count). The number of nitrogens with one attached hydrogen (secondary N) is 1. The molecule has 1 aliphatic carbocycles. The van der Waals surface area contributed by atoms with E-state index < -0.39 is 0 Å². The molecule has 1 N–H and O–H groups in total. The van der Waals surface area contributed by atoms with Crippen LogP contribution >= 0.6 is 0 Å². The first-order valence-corrected chi connectivity index (χ1v) is 8.53. The Morgan fingerprint density at radius 2 is 2.12 bits per heavy atom. The summed E-state index contributed by atoms with van der Waals surface area (Å²) in [5.74, 6) is 1.28. The van der Waals surface area contributed by atoms with Gasteiger partial charge in [0.25, 0.3) is 0 Å². The lowest BCUT2D eigenvalue weighted by atomic mass is 10.1. The highest BCUT2D eigenvalue weighted by atomic mass is 15.2. The predicted molar refractivity (Wildman–Crippen MR) is 96.5 cm³/mol. The van der Waals surface area contributed by atoms with E-state index in [1.807, 2.05) is 0 Å². The van der Waals surface area contributed by atoms with Gasteiger partial charge >= 0.3 is 0 Å². The second-order valence-electron chi connectivity index (χ2n) is 6.39. The van der Waals surface area contributed by atoms with Crippen molar-refractivity contribution in [3.63, 3.8) is 0 Å². The molecule has 3 aromatic heterocycles. The number of aromatic nitrogens is 4. The maximum atomic E-state index is 8.36. The highest BCUT2D eigenvalue weighted by molar-refractivity contribution is 5.94. The summed E-state index contributed by atoms with van der Waals surface area (Å²) in [7, 11) is 0. The average molecular weight is 335 g/mol. The monoisotopic (exact) mass is 335 g/mol. The molecule has 6 heteroatoms. The molecule has 4 heterocycles. The lowest BCUT2D eigenvalue weighted by Crippen LogP contribution is -2.44. The topological polar surface area (TPSA) is 66.8 Å². The van der Waals surface area contributed by atoms with Crippen LogP contribution in [0.3, 0.4) is 0 Å². The molecule has 1 saturated carbocycles. The molecule has 1 saturated heterocycles. The maximum absolute atomic E-state index is 8.36. The van der Waals surface area contributed by atoms with Crippen molar-refractivity contribution >= 4 is 16.7 Å². The van der Waals surface area contributed by atoms with E-state index >= 15 is 0 Å². The van der Waals surface area contributed by atoms with Crippen LogP contribution in [0.1, 0.15) is 29.8 Å². The van der Waals surface area contributed by atoms with E-state index in [1.165, 1.54) is 0 Å². The minimum atomic E-state index is -0.278. The number of hydrogen-bond donors (Lipinski definition) is 1. The zero-order valence-electron chi connectivity index (χ0n) is 17.6. The molecule has 3 aromatic rings. The van der Waals surface area contributed by atoms with Gasteiger partial charge in [0.2, 0.25) is 0 Å². The first-order chi connectivity index (χ1) is 14.0. The number of nitrogens with zero attached hydrogens (tertiary/aromatic N) is 5. The quantitative estimate of drug-likeness (QED) is 0.791. The summed E-state index contributed by atoms with van der Waals surface area (Å²) in [5, 5.41) is 4.18. The molecule has 0 spiro atoms. The van der Waals surface area contributed by atoms with Gasteiger partial charge in [-0.1, -0.05) is 0 Å². The summed E-state index contributed by atoms with van der Waals surface area (Å²) in [5.41, 5.74) is 1.60. The van der Waals surface area contributed by atoms with Crippen LogP contribution in [0.15, 0.2) is 30.6 Å². The number of hydrogen-bond acceptors (Lipinski definition) is 6. The fourth-order valence-corrected chi connectivity index (χ4v) is 3.28. The SMILES string of the molecule is [2H]c1[c]nc([2H])c([2H])c1-c1nc(N2CCNCC2)c2c(C3CC3)cnc([2H])c2n1. The lowest BCUT2D eigenvalue weighted by Gasteiger charge is -2.30. The number of piperazine rings is 1. The van der Waals surface area contributed by atoms with Crippen LogP contribution in [0.2, 0.25) is 0 Å². The minimum Gasteiger partial charge on any atom is -0.353 e. The maximum Gasteiger partial charge on any atom is 0.162 e. The Bertz CT molecular complexity index is 1110. The molecule has 2 aliphatic rings. The largest absolute Gasteiger partial charge is 0.353 e. The van der Waals surface area contributed by atoms with E-state index in [1.54, 1.807) is 6.20 Å². The predicted octanol–water partition coefficient (Wildman–Crippen LogP) is 2.17. The molecule has 1 aliphatic heterocycles. The molecule has 25 heavy (non-hydrogen) atoms. The van der Waals surface area contributed by atoms with Crippen LogP contribution in [0.5, 0.6) is 0 Å². The fourth-order valence-electron chi connectivity index (χ4n) is 3.28. The third kappa shape index (κ3) is 2.72. The van der Waals surface area contributed by atoms with Crippen molar-refractivity contribution in [2.45, 2.75) is 18.8 Å². The highest BCUT2D eigenvalue weighted by Gasteiger charge is 2.29. The molecule has 0 unspecified atom stereocenters. The lowest BCUT2D eigenvalue weighted by molar-refractivity contribution is 0.586. The molecule has 0 atom stereocenters. The van der Waals surface area contributed by atoms with Crippen molar-refractivity contribution in [2.24, 2.45) is 0 Å². The van der Waals surface area contributed by atoms with Crippen molar-refractivity contribution in [1.29, 1.82) is 0 Å². The van der Waals surface area contributed by atoms with Crippen LogP contribution < -0.4 is 10.2 Å². The fraction of sp³-hybridized carbons (Fsp3) is 0.368. The number of rotatable bonds is 3. The standard InChI is InChI=1S/C19H19N6/c1-2-13(1)15-11-22-12-16-17(15)19(25-9-7-21-8-10-25)24-18(23-16)14-3-5-20-6-4-14/h3-5,11-13,21H,1-2,7-10H2/i3D,4D,5D,12D. The molecule has 0 amide bonds. The van der Waals surface area contributed by atoms with E-state index in [9.17, 15) is 0 Å². The minimum absolute atomic E-state index is 0.0478. The Morgan fingerprint density at radius 1 is 1.24 bits per heavy atom. The molecule has 6 nitrogen and oxygen atoms in total.